The number of fused-ring (bicyclic) bond motifs is 1. The van der Waals surface area contributed by atoms with Gasteiger partial charge in [-0.1, -0.05) is 65.4 Å². The molecule has 0 fully saturated rings. The lowest BCUT2D eigenvalue weighted by molar-refractivity contribution is -0.145. The van der Waals surface area contributed by atoms with Crippen LogP contribution in [0.3, 0.4) is 0 Å². The van der Waals surface area contributed by atoms with E-state index in [0.717, 1.165) is 18.3 Å². The second-order valence-electron chi connectivity index (χ2n) is 9.39. The van der Waals surface area contributed by atoms with Crippen LogP contribution in [0.1, 0.15) is 36.6 Å². The first-order valence-electron chi connectivity index (χ1n) is 13.5. The fourth-order valence-electron chi connectivity index (χ4n) is 4.69. The lowest BCUT2D eigenvalue weighted by Gasteiger charge is -2.25. The first-order valence-corrected chi connectivity index (χ1v) is 16.9. The second kappa shape index (κ2) is 14.4. The van der Waals surface area contributed by atoms with Crippen molar-refractivity contribution >= 4 is 91.8 Å². The van der Waals surface area contributed by atoms with Gasteiger partial charge in [-0.15, -0.1) is 0 Å². The molecule has 1 aliphatic heterocycles. The minimum Gasteiger partial charge on any atom is -0.480 e. The number of rotatable bonds is 9. The van der Waals surface area contributed by atoms with Crippen molar-refractivity contribution in [2.75, 3.05) is 19.8 Å². The van der Waals surface area contributed by atoms with Crippen molar-refractivity contribution in [3.05, 3.63) is 121 Å². The van der Waals surface area contributed by atoms with E-state index in [9.17, 15) is 14.4 Å². The molecule has 0 radical (unpaired) electrons. The summed E-state index contributed by atoms with van der Waals surface area (Å²) >= 11 is 11.7. The number of esters is 2. The average molecular weight is 855 g/mol. The Labute approximate surface area is 289 Å². The number of ether oxygens (including phenoxy) is 3. The van der Waals surface area contributed by atoms with E-state index < -0.39 is 18.0 Å². The molecule has 0 amide bonds. The van der Waals surface area contributed by atoms with E-state index >= 15 is 0 Å². The van der Waals surface area contributed by atoms with Gasteiger partial charge >= 0.3 is 11.9 Å². The van der Waals surface area contributed by atoms with E-state index in [-0.39, 0.29) is 31.0 Å². The van der Waals surface area contributed by atoms with E-state index in [2.05, 4.69) is 45.2 Å². The van der Waals surface area contributed by atoms with Crippen LogP contribution in [0.4, 0.5) is 0 Å². The van der Waals surface area contributed by atoms with Crippen LogP contribution < -0.4 is 19.6 Å². The van der Waals surface area contributed by atoms with Gasteiger partial charge in [0, 0.05) is 10.6 Å². The normalized spacial score (nSPS) is 14.6. The van der Waals surface area contributed by atoms with Gasteiger partial charge in [0.05, 0.1) is 42.2 Å². The number of nitrogens with zero attached hydrogens (tertiary/aromatic N) is 2. The van der Waals surface area contributed by atoms with Crippen molar-refractivity contribution in [2.45, 2.75) is 19.9 Å². The van der Waals surface area contributed by atoms with Gasteiger partial charge in [-0.25, -0.2) is 14.6 Å². The molecule has 0 bridgehead atoms. The summed E-state index contributed by atoms with van der Waals surface area (Å²) in [6, 6.07) is 19.4. The Bertz CT molecular complexity index is 1910. The fraction of sp³-hybridized carbons (Fsp3) is 0.188. The molecule has 1 atom stereocenters. The number of halogens is 3. The highest BCUT2D eigenvalue weighted by Crippen LogP contribution is 2.35. The zero-order valence-electron chi connectivity index (χ0n) is 23.5. The lowest BCUT2D eigenvalue weighted by Crippen LogP contribution is -2.40. The quantitative estimate of drug-likeness (QED) is 0.158. The van der Waals surface area contributed by atoms with Crippen molar-refractivity contribution in [2.24, 2.45) is 4.99 Å². The largest absolute Gasteiger partial charge is 0.480 e. The molecule has 2 heterocycles. The minimum absolute atomic E-state index is 0.166. The molecule has 1 aromatic heterocycles. The molecule has 5 rings (SSSR count). The molecule has 0 aliphatic carbocycles. The number of thiazole rings is 1. The Morgan fingerprint density at radius 1 is 1.00 bits per heavy atom. The zero-order valence-corrected chi connectivity index (χ0v) is 29.4. The summed E-state index contributed by atoms with van der Waals surface area (Å²) in [6.07, 6.45) is 1.79. The van der Waals surface area contributed by atoms with Gasteiger partial charge in [-0.05, 0) is 100 Å². The molecule has 12 heteroatoms. The van der Waals surface area contributed by atoms with Gasteiger partial charge in [0.15, 0.2) is 11.4 Å². The van der Waals surface area contributed by atoms with Crippen molar-refractivity contribution in [3.63, 3.8) is 0 Å². The average Bonchev–Trinajstić information content (AvgIpc) is 3.31. The molecule has 4 aromatic rings. The van der Waals surface area contributed by atoms with Gasteiger partial charge in [-0.3, -0.25) is 9.36 Å². The summed E-state index contributed by atoms with van der Waals surface area (Å²) in [5, 5.41) is 0.532. The number of carbonyl (C=O) groups is 2. The van der Waals surface area contributed by atoms with Crippen molar-refractivity contribution in [1.82, 2.24) is 4.57 Å². The highest BCUT2D eigenvalue weighted by atomic mass is 127. The topological polar surface area (TPSA) is 96.2 Å². The SMILES string of the molecule is CCOC(=O)COc1c(I)cc(/C=c2\sc3n(c2=O)[C@@H](c2ccc(Cl)cc2)C(C(=O)OCC)=C(c2ccccc2)N=3)cc1I. The lowest BCUT2D eigenvalue weighted by atomic mass is 9.93. The Balaban J connectivity index is 1.68. The van der Waals surface area contributed by atoms with Gasteiger partial charge in [0.1, 0.15) is 5.75 Å². The maximum Gasteiger partial charge on any atom is 0.344 e. The summed E-state index contributed by atoms with van der Waals surface area (Å²) in [4.78, 5) is 44.8. The van der Waals surface area contributed by atoms with Crippen LogP contribution in [0.2, 0.25) is 5.02 Å². The number of aromatic nitrogens is 1. The number of hydrogen-bond donors (Lipinski definition) is 0. The van der Waals surface area contributed by atoms with E-state index in [0.29, 0.717) is 31.4 Å². The monoisotopic (exact) mass is 854 g/mol. The molecule has 1 aliphatic rings. The van der Waals surface area contributed by atoms with Crippen LogP contribution in [0.25, 0.3) is 11.8 Å². The Morgan fingerprint density at radius 2 is 1.66 bits per heavy atom. The summed E-state index contributed by atoms with van der Waals surface area (Å²) in [5.41, 5.74) is 2.62. The maximum atomic E-state index is 14.1. The van der Waals surface area contributed by atoms with Gasteiger partial charge in [-0.2, -0.15) is 0 Å². The molecule has 8 nitrogen and oxygen atoms in total. The molecular formula is C32H25ClI2N2O6S. The van der Waals surface area contributed by atoms with Crippen LogP contribution in [-0.4, -0.2) is 36.3 Å². The number of hydrogen-bond acceptors (Lipinski definition) is 8. The summed E-state index contributed by atoms with van der Waals surface area (Å²) in [6.45, 7) is 3.72. The number of benzene rings is 3. The summed E-state index contributed by atoms with van der Waals surface area (Å²) in [7, 11) is 0. The molecule has 226 valence electrons. The molecule has 3 aromatic carbocycles. The van der Waals surface area contributed by atoms with E-state index in [1.165, 1.54) is 11.3 Å². The van der Waals surface area contributed by atoms with Crippen LogP contribution in [-0.2, 0) is 19.1 Å². The third-order valence-electron chi connectivity index (χ3n) is 6.52. The molecule has 0 N–H and O–H groups in total. The summed E-state index contributed by atoms with van der Waals surface area (Å²) in [5.74, 6) is -0.435. The minimum atomic E-state index is -0.793. The predicted octanol–water partition coefficient (Wildman–Crippen LogP) is 5.74. The summed E-state index contributed by atoms with van der Waals surface area (Å²) < 4.78 is 19.7. The third kappa shape index (κ3) is 6.95. The van der Waals surface area contributed by atoms with Crippen molar-refractivity contribution in [3.8, 4) is 5.75 Å². The first kappa shape index (κ1) is 32.4. The van der Waals surface area contributed by atoms with Gasteiger partial charge < -0.3 is 14.2 Å². The van der Waals surface area contributed by atoms with Crippen LogP contribution in [0, 0.1) is 7.14 Å². The van der Waals surface area contributed by atoms with Crippen LogP contribution in [0.5, 0.6) is 5.75 Å². The molecule has 0 unspecified atom stereocenters. The standard InChI is InChI=1S/C32H25ClI2N2O6S/c1-3-41-25(38)17-43-29-22(34)14-18(15-23(29)35)16-24-30(39)37-28(20-10-12-21(33)13-11-20)26(31(40)42-4-2)27(36-32(37)44-24)19-8-6-5-7-9-19/h5-16,28H,3-4,17H2,1-2H3/b24-16-/t28-/m0/s1. The van der Waals surface area contributed by atoms with Crippen molar-refractivity contribution < 1.29 is 23.8 Å². The van der Waals surface area contributed by atoms with Crippen molar-refractivity contribution in [1.29, 1.82) is 0 Å². The Morgan fingerprint density at radius 3 is 2.30 bits per heavy atom. The molecular weight excluding hydrogens is 830 g/mol. The predicted molar refractivity (Wildman–Crippen MR) is 187 cm³/mol. The Kier molecular flexibility index (Phi) is 10.6. The first-order chi connectivity index (χ1) is 21.2. The third-order valence-corrected chi connectivity index (χ3v) is 9.35. The number of carbonyl (C=O) groups excluding carboxylic acids is 2. The molecule has 44 heavy (non-hydrogen) atoms. The molecule has 0 spiro atoms. The zero-order chi connectivity index (χ0) is 31.4. The van der Waals surface area contributed by atoms with Gasteiger partial charge in [0.25, 0.3) is 5.56 Å². The molecule has 0 saturated heterocycles. The smallest absolute Gasteiger partial charge is 0.344 e. The molecule has 0 saturated carbocycles. The highest BCUT2D eigenvalue weighted by molar-refractivity contribution is 14.1. The van der Waals surface area contributed by atoms with E-state index in [1.54, 1.807) is 48.8 Å². The van der Waals surface area contributed by atoms with Gasteiger partial charge in [0.2, 0.25) is 0 Å². The van der Waals surface area contributed by atoms with E-state index in [4.69, 9.17) is 30.8 Å². The van der Waals surface area contributed by atoms with E-state index in [1.807, 2.05) is 42.5 Å². The highest BCUT2D eigenvalue weighted by Gasteiger charge is 2.35. The Hall–Kier alpha value is -3.01. The second-order valence-corrected chi connectivity index (χ2v) is 13.2. The fourth-order valence-corrected chi connectivity index (χ4v) is 7.94. The maximum absolute atomic E-state index is 14.1. The van der Waals surface area contributed by atoms with Crippen LogP contribution >= 0.6 is 68.1 Å². The van der Waals surface area contributed by atoms with Crippen LogP contribution in [0.15, 0.2) is 82.1 Å².